The Kier molecular flexibility index (Phi) is 1.25. The Morgan fingerprint density at radius 3 is 2.45 bits per heavy atom. The van der Waals surface area contributed by atoms with Gasteiger partial charge in [-0.3, -0.25) is 4.79 Å². The van der Waals surface area contributed by atoms with Gasteiger partial charge in [0.25, 0.3) is 0 Å². The number of rotatable bonds is 1. The number of hydrogen-bond donors (Lipinski definition) is 0. The summed E-state index contributed by atoms with van der Waals surface area (Å²) in [6.07, 6.45) is 2.19. The van der Waals surface area contributed by atoms with E-state index in [1.807, 2.05) is 0 Å². The Balaban J connectivity index is 2.20. The van der Waals surface area contributed by atoms with E-state index in [0.717, 1.165) is 12.3 Å². The molecule has 0 aromatic heterocycles. The number of fused-ring (bicyclic) bond motifs is 1. The van der Waals surface area contributed by atoms with E-state index >= 15 is 0 Å². The Bertz CT molecular complexity index is 207. The largest absolute Gasteiger partial charge is 0.299 e. The first-order valence-electron chi connectivity index (χ1n) is 4.60. The number of ketones is 1. The highest BCUT2D eigenvalue weighted by molar-refractivity contribution is 5.86. The molecule has 0 amide bonds. The molecule has 0 heterocycles. The van der Waals surface area contributed by atoms with Crippen molar-refractivity contribution in [2.45, 2.75) is 33.6 Å². The molecule has 0 aromatic rings. The highest BCUT2D eigenvalue weighted by atomic mass is 16.1. The van der Waals surface area contributed by atoms with Crippen LogP contribution in [-0.2, 0) is 4.79 Å². The average Bonchev–Trinajstić information content (AvgIpc) is 2.57. The van der Waals surface area contributed by atoms with Crippen LogP contribution in [0.15, 0.2) is 0 Å². The highest BCUT2D eigenvalue weighted by Gasteiger charge is 2.64. The molecule has 2 fully saturated rings. The summed E-state index contributed by atoms with van der Waals surface area (Å²) in [5.74, 6) is 2.34. The molecular weight excluding hydrogens is 136 g/mol. The zero-order valence-electron chi connectivity index (χ0n) is 7.55. The van der Waals surface area contributed by atoms with Crippen LogP contribution in [0.1, 0.15) is 33.6 Å². The molecule has 0 bridgehead atoms. The SMILES string of the molecule is CC(C)[C@]12CC(=O)[C@H](C)[C@H]1C2. The fraction of sp³-hybridized carbons (Fsp3) is 0.900. The molecule has 2 aliphatic rings. The molecule has 0 saturated heterocycles. The first kappa shape index (κ1) is 7.33. The number of carbonyl (C=O) groups excluding carboxylic acids is 1. The van der Waals surface area contributed by atoms with E-state index in [1.165, 1.54) is 6.42 Å². The van der Waals surface area contributed by atoms with Gasteiger partial charge in [0.1, 0.15) is 5.78 Å². The molecule has 0 aliphatic heterocycles. The highest BCUT2D eigenvalue weighted by Crippen LogP contribution is 2.68. The van der Waals surface area contributed by atoms with Gasteiger partial charge in [0, 0.05) is 12.3 Å². The van der Waals surface area contributed by atoms with Crippen molar-refractivity contribution in [3.8, 4) is 0 Å². The Labute approximate surface area is 68.2 Å². The molecule has 0 aromatic carbocycles. The van der Waals surface area contributed by atoms with Gasteiger partial charge in [-0.15, -0.1) is 0 Å². The molecule has 62 valence electrons. The van der Waals surface area contributed by atoms with E-state index in [9.17, 15) is 4.79 Å². The van der Waals surface area contributed by atoms with Crippen LogP contribution in [0.25, 0.3) is 0 Å². The second kappa shape index (κ2) is 1.88. The normalized spacial score (nSPS) is 48.2. The lowest BCUT2D eigenvalue weighted by molar-refractivity contribution is -0.121. The predicted octanol–water partition coefficient (Wildman–Crippen LogP) is 2.26. The summed E-state index contributed by atoms with van der Waals surface area (Å²) >= 11 is 0. The third-order valence-corrected chi connectivity index (χ3v) is 3.94. The molecule has 2 aliphatic carbocycles. The van der Waals surface area contributed by atoms with Crippen molar-refractivity contribution >= 4 is 5.78 Å². The van der Waals surface area contributed by atoms with Crippen LogP contribution in [0.2, 0.25) is 0 Å². The summed E-state index contributed by atoms with van der Waals surface area (Å²) in [6.45, 7) is 6.61. The van der Waals surface area contributed by atoms with Crippen LogP contribution < -0.4 is 0 Å². The lowest BCUT2D eigenvalue weighted by atomic mass is 9.90. The van der Waals surface area contributed by atoms with Gasteiger partial charge in [0.15, 0.2) is 0 Å². The van der Waals surface area contributed by atoms with E-state index in [4.69, 9.17) is 0 Å². The van der Waals surface area contributed by atoms with Crippen molar-refractivity contribution < 1.29 is 4.79 Å². The summed E-state index contributed by atoms with van der Waals surface area (Å²) in [6, 6.07) is 0. The van der Waals surface area contributed by atoms with Crippen LogP contribution in [0.3, 0.4) is 0 Å². The zero-order valence-corrected chi connectivity index (χ0v) is 7.55. The van der Waals surface area contributed by atoms with Gasteiger partial charge in [-0.1, -0.05) is 20.8 Å². The van der Waals surface area contributed by atoms with E-state index in [1.54, 1.807) is 0 Å². The molecule has 0 spiro atoms. The maximum absolute atomic E-state index is 11.3. The Hall–Kier alpha value is -0.330. The molecular formula is C10H16O. The summed E-state index contributed by atoms with van der Waals surface area (Å²) in [5, 5.41) is 0. The summed E-state index contributed by atoms with van der Waals surface area (Å²) in [4.78, 5) is 11.3. The third kappa shape index (κ3) is 0.743. The first-order valence-corrected chi connectivity index (χ1v) is 4.60. The van der Waals surface area contributed by atoms with Crippen LogP contribution in [0.5, 0.6) is 0 Å². The van der Waals surface area contributed by atoms with E-state index in [2.05, 4.69) is 20.8 Å². The van der Waals surface area contributed by atoms with Gasteiger partial charge < -0.3 is 0 Å². The van der Waals surface area contributed by atoms with Crippen molar-refractivity contribution in [3.63, 3.8) is 0 Å². The second-order valence-corrected chi connectivity index (χ2v) is 4.63. The minimum Gasteiger partial charge on any atom is -0.299 e. The van der Waals surface area contributed by atoms with Crippen molar-refractivity contribution in [2.24, 2.45) is 23.2 Å². The van der Waals surface area contributed by atoms with E-state index < -0.39 is 0 Å². The van der Waals surface area contributed by atoms with Gasteiger partial charge in [-0.2, -0.15) is 0 Å². The Morgan fingerprint density at radius 1 is 1.55 bits per heavy atom. The lowest BCUT2D eigenvalue weighted by Crippen LogP contribution is -2.10. The Morgan fingerprint density at radius 2 is 2.18 bits per heavy atom. The van der Waals surface area contributed by atoms with Crippen molar-refractivity contribution in [1.82, 2.24) is 0 Å². The first-order chi connectivity index (χ1) is 5.08. The topological polar surface area (TPSA) is 17.1 Å². The van der Waals surface area contributed by atoms with E-state index in [-0.39, 0.29) is 0 Å². The van der Waals surface area contributed by atoms with Gasteiger partial charge in [-0.25, -0.2) is 0 Å². The van der Waals surface area contributed by atoms with Gasteiger partial charge in [0.05, 0.1) is 0 Å². The quantitative estimate of drug-likeness (QED) is 0.563. The third-order valence-electron chi connectivity index (χ3n) is 3.94. The van der Waals surface area contributed by atoms with Gasteiger partial charge >= 0.3 is 0 Å². The lowest BCUT2D eigenvalue weighted by Gasteiger charge is -2.14. The average molecular weight is 152 g/mol. The fourth-order valence-corrected chi connectivity index (χ4v) is 2.81. The molecule has 3 atom stereocenters. The van der Waals surface area contributed by atoms with Crippen LogP contribution in [-0.4, -0.2) is 5.78 Å². The number of Topliss-reactive ketones (excluding diaryl/α,β-unsaturated/α-hetero) is 1. The summed E-state index contributed by atoms with van der Waals surface area (Å²) in [5.41, 5.74) is 0.455. The molecule has 0 radical (unpaired) electrons. The minimum absolute atomic E-state index is 0.373. The molecule has 0 N–H and O–H groups in total. The van der Waals surface area contributed by atoms with Crippen LogP contribution in [0, 0.1) is 23.2 Å². The molecule has 11 heavy (non-hydrogen) atoms. The fourth-order valence-electron chi connectivity index (χ4n) is 2.81. The van der Waals surface area contributed by atoms with Gasteiger partial charge in [0.2, 0.25) is 0 Å². The molecule has 0 unspecified atom stereocenters. The predicted molar refractivity (Wildman–Crippen MR) is 44.2 cm³/mol. The van der Waals surface area contributed by atoms with Gasteiger partial charge in [-0.05, 0) is 23.7 Å². The maximum atomic E-state index is 11.3. The van der Waals surface area contributed by atoms with Crippen molar-refractivity contribution in [3.05, 3.63) is 0 Å². The number of carbonyl (C=O) groups is 1. The summed E-state index contributed by atoms with van der Waals surface area (Å²) in [7, 11) is 0. The van der Waals surface area contributed by atoms with Crippen molar-refractivity contribution in [2.75, 3.05) is 0 Å². The number of hydrogen-bond acceptors (Lipinski definition) is 1. The maximum Gasteiger partial charge on any atom is 0.136 e. The van der Waals surface area contributed by atoms with Crippen molar-refractivity contribution in [1.29, 1.82) is 0 Å². The van der Waals surface area contributed by atoms with Crippen LogP contribution >= 0.6 is 0 Å². The zero-order chi connectivity index (χ0) is 8.22. The molecule has 1 heteroatoms. The van der Waals surface area contributed by atoms with E-state index in [0.29, 0.717) is 23.0 Å². The molecule has 1 nitrogen and oxygen atoms in total. The standard InChI is InChI=1S/C10H16O/c1-6(2)10-4-8(10)7(3)9(11)5-10/h6-8H,4-5H2,1-3H3/t7-,8-,10+/m1/s1. The minimum atomic E-state index is 0.373. The molecule has 2 rings (SSSR count). The summed E-state index contributed by atoms with van der Waals surface area (Å²) < 4.78 is 0. The monoisotopic (exact) mass is 152 g/mol. The second-order valence-electron chi connectivity index (χ2n) is 4.63. The van der Waals surface area contributed by atoms with Crippen LogP contribution in [0.4, 0.5) is 0 Å². The molecule has 2 saturated carbocycles. The smallest absolute Gasteiger partial charge is 0.136 e.